The van der Waals surface area contributed by atoms with E-state index in [9.17, 15) is 4.79 Å². The first-order valence-electron chi connectivity index (χ1n) is 5.28. The second kappa shape index (κ2) is 5.31. The van der Waals surface area contributed by atoms with Gasteiger partial charge in [0.05, 0.1) is 12.5 Å². The van der Waals surface area contributed by atoms with Crippen molar-refractivity contribution in [3.8, 4) is 0 Å². The average Bonchev–Trinajstić information content (AvgIpc) is 2.51. The van der Waals surface area contributed by atoms with E-state index in [1.54, 1.807) is 11.3 Å². The van der Waals surface area contributed by atoms with E-state index in [0.717, 1.165) is 5.56 Å². The lowest BCUT2D eigenvalue weighted by Gasteiger charge is -2.17. The fourth-order valence-corrected chi connectivity index (χ4v) is 2.39. The maximum Gasteiger partial charge on any atom is 0.313 e. The molecule has 0 aliphatic rings. The Kier molecular flexibility index (Phi) is 4.33. The molecule has 3 heteroatoms. The lowest BCUT2D eigenvalue weighted by atomic mass is 9.90. The monoisotopic (exact) mass is 226 g/mol. The summed E-state index contributed by atoms with van der Waals surface area (Å²) in [7, 11) is 0. The molecule has 0 aliphatic carbocycles. The van der Waals surface area contributed by atoms with Gasteiger partial charge < -0.3 is 4.74 Å². The van der Waals surface area contributed by atoms with Gasteiger partial charge in [0.15, 0.2) is 0 Å². The summed E-state index contributed by atoms with van der Waals surface area (Å²) in [5.41, 5.74) is 1.09. The number of esters is 1. The molecule has 1 rings (SSSR count). The summed E-state index contributed by atoms with van der Waals surface area (Å²) in [6, 6.07) is 2.08. The first-order chi connectivity index (χ1) is 7.06. The van der Waals surface area contributed by atoms with E-state index in [1.807, 2.05) is 6.92 Å². The van der Waals surface area contributed by atoms with Gasteiger partial charge in [-0.2, -0.15) is 0 Å². The minimum absolute atomic E-state index is 0.106. The molecule has 0 amide bonds. The zero-order chi connectivity index (χ0) is 11.4. The number of carbonyl (C=O) groups excluding carboxylic acids is 1. The number of ether oxygens (including phenoxy) is 1. The summed E-state index contributed by atoms with van der Waals surface area (Å²) in [5, 5.41) is 2.05. The third kappa shape index (κ3) is 3.06. The highest BCUT2D eigenvalue weighted by Gasteiger charge is 2.25. The lowest BCUT2D eigenvalue weighted by molar-refractivity contribution is -0.146. The van der Waals surface area contributed by atoms with Gasteiger partial charge >= 0.3 is 5.97 Å². The predicted octanol–water partition coefficient (Wildman–Crippen LogP) is 3.36. The Labute approximate surface area is 95.3 Å². The number of carbonyl (C=O) groups is 1. The highest BCUT2D eigenvalue weighted by Crippen LogP contribution is 2.29. The molecule has 0 N–H and O–H groups in total. The van der Waals surface area contributed by atoms with Crippen LogP contribution in [0.2, 0.25) is 0 Å². The van der Waals surface area contributed by atoms with E-state index in [-0.39, 0.29) is 17.8 Å². The molecule has 0 aliphatic heterocycles. The maximum atomic E-state index is 11.8. The summed E-state index contributed by atoms with van der Waals surface area (Å²) in [4.78, 5) is 13.0. The molecule has 1 atom stereocenters. The van der Waals surface area contributed by atoms with E-state index in [4.69, 9.17) is 4.74 Å². The van der Waals surface area contributed by atoms with E-state index >= 15 is 0 Å². The van der Waals surface area contributed by atoms with Gasteiger partial charge in [-0.05, 0) is 36.8 Å². The van der Waals surface area contributed by atoms with Crippen molar-refractivity contribution >= 4 is 17.3 Å². The number of rotatable bonds is 4. The van der Waals surface area contributed by atoms with Crippen molar-refractivity contribution in [3.63, 3.8) is 0 Å². The average molecular weight is 226 g/mol. The van der Waals surface area contributed by atoms with E-state index in [0.29, 0.717) is 6.61 Å². The molecule has 0 saturated heterocycles. The maximum absolute atomic E-state index is 11.8. The molecule has 0 aromatic carbocycles. The second-order valence-corrected chi connectivity index (χ2v) is 5.08. The molecule has 0 spiro atoms. The zero-order valence-electron chi connectivity index (χ0n) is 9.74. The number of hydrogen-bond donors (Lipinski definition) is 0. The van der Waals surface area contributed by atoms with Crippen molar-refractivity contribution in [2.24, 2.45) is 5.92 Å². The largest absolute Gasteiger partial charge is 0.466 e. The molecule has 0 saturated carbocycles. The summed E-state index contributed by atoms with van der Waals surface area (Å²) in [5.74, 6) is 0.0539. The zero-order valence-corrected chi connectivity index (χ0v) is 10.6. The minimum atomic E-state index is -0.116. The van der Waals surface area contributed by atoms with Crippen LogP contribution in [0, 0.1) is 12.8 Å². The highest BCUT2D eigenvalue weighted by molar-refractivity contribution is 7.10. The SMILES string of the molecule is CCOC(=O)C(c1csc(C)c1)C(C)C. The van der Waals surface area contributed by atoms with Crippen LogP contribution in [0.15, 0.2) is 11.4 Å². The van der Waals surface area contributed by atoms with Crippen LogP contribution in [0.1, 0.15) is 37.1 Å². The van der Waals surface area contributed by atoms with Crippen molar-refractivity contribution in [1.29, 1.82) is 0 Å². The third-order valence-electron chi connectivity index (χ3n) is 2.32. The topological polar surface area (TPSA) is 26.3 Å². The Morgan fingerprint density at radius 1 is 1.53 bits per heavy atom. The lowest BCUT2D eigenvalue weighted by Crippen LogP contribution is -2.20. The molecule has 1 aromatic heterocycles. The number of thiophene rings is 1. The second-order valence-electron chi connectivity index (χ2n) is 3.96. The molecule has 1 heterocycles. The van der Waals surface area contributed by atoms with E-state index < -0.39 is 0 Å². The Balaban J connectivity index is 2.88. The molecule has 2 nitrogen and oxygen atoms in total. The first kappa shape index (κ1) is 12.2. The van der Waals surface area contributed by atoms with Crippen LogP contribution < -0.4 is 0 Å². The van der Waals surface area contributed by atoms with Gasteiger partial charge in [-0.3, -0.25) is 4.79 Å². The van der Waals surface area contributed by atoms with E-state index in [2.05, 4.69) is 32.2 Å². The highest BCUT2D eigenvalue weighted by atomic mass is 32.1. The van der Waals surface area contributed by atoms with Crippen LogP contribution in [0.3, 0.4) is 0 Å². The Hall–Kier alpha value is -0.830. The Morgan fingerprint density at radius 2 is 2.20 bits per heavy atom. The van der Waals surface area contributed by atoms with Crippen molar-refractivity contribution in [2.75, 3.05) is 6.61 Å². The molecular formula is C12H18O2S. The van der Waals surface area contributed by atoms with Crippen molar-refractivity contribution in [1.82, 2.24) is 0 Å². The van der Waals surface area contributed by atoms with Crippen LogP contribution in [-0.2, 0) is 9.53 Å². The smallest absolute Gasteiger partial charge is 0.313 e. The van der Waals surface area contributed by atoms with Crippen molar-refractivity contribution in [2.45, 2.75) is 33.6 Å². The summed E-state index contributed by atoms with van der Waals surface area (Å²) >= 11 is 1.68. The van der Waals surface area contributed by atoms with Crippen molar-refractivity contribution < 1.29 is 9.53 Å². The minimum Gasteiger partial charge on any atom is -0.466 e. The molecule has 1 unspecified atom stereocenters. The van der Waals surface area contributed by atoms with Gasteiger partial charge in [0.1, 0.15) is 0 Å². The molecular weight excluding hydrogens is 208 g/mol. The first-order valence-corrected chi connectivity index (χ1v) is 6.15. The molecule has 84 valence electrons. The molecule has 0 fully saturated rings. The molecule has 1 aromatic rings. The summed E-state index contributed by atoms with van der Waals surface area (Å²) < 4.78 is 5.09. The molecule has 0 bridgehead atoms. The van der Waals surface area contributed by atoms with Crippen LogP contribution in [-0.4, -0.2) is 12.6 Å². The normalized spacial score (nSPS) is 12.9. The molecule has 0 radical (unpaired) electrons. The Morgan fingerprint density at radius 3 is 2.60 bits per heavy atom. The van der Waals surface area contributed by atoms with Crippen LogP contribution >= 0.6 is 11.3 Å². The van der Waals surface area contributed by atoms with Crippen LogP contribution in [0.4, 0.5) is 0 Å². The standard InChI is InChI=1S/C12H18O2S/c1-5-14-12(13)11(8(2)3)10-6-9(4)15-7-10/h6-8,11H,5H2,1-4H3. The summed E-state index contributed by atoms with van der Waals surface area (Å²) in [6.45, 7) is 8.44. The number of aryl methyl sites for hydroxylation is 1. The van der Waals surface area contributed by atoms with Gasteiger partial charge in [-0.25, -0.2) is 0 Å². The number of hydrogen-bond acceptors (Lipinski definition) is 3. The fourth-order valence-electron chi connectivity index (χ4n) is 1.65. The quantitative estimate of drug-likeness (QED) is 0.736. The summed E-state index contributed by atoms with van der Waals surface area (Å²) in [6.07, 6.45) is 0. The van der Waals surface area contributed by atoms with Gasteiger partial charge in [0, 0.05) is 4.88 Å². The van der Waals surface area contributed by atoms with E-state index in [1.165, 1.54) is 4.88 Å². The van der Waals surface area contributed by atoms with Gasteiger partial charge in [-0.1, -0.05) is 13.8 Å². The van der Waals surface area contributed by atoms with Crippen LogP contribution in [0.5, 0.6) is 0 Å². The Bertz CT molecular complexity index is 328. The third-order valence-corrected chi connectivity index (χ3v) is 3.20. The van der Waals surface area contributed by atoms with Gasteiger partial charge in [0.25, 0.3) is 0 Å². The van der Waals surface area contributed by atoms with Crippen LogP contribution in [0.25, 0.3) is 0 Å². The fraction of sp³-hybridized carbons (Fsp3) is 0.583. The van der Waals surface area contributed by atoms with Crippen molar-refractivity contribution in [3.05, 3.63) is 21.9 Å². The van der Waals surface area contributed by atoms with Gasteiger partial charge in [-0.15, -0.1) is 11.3 Å². The molecule has 15 heavy (non-hydrogen) atoms. The van der Waals surface area contributed by atoms with Gasteiger partial charge in [0.2, 0.25) is 0 Å². The predicted molar refractivity (Wildman–Crippen MR) is 63.3 cm³/mol.